The molecule has 2 heterocycles. The molecular weight excluding hydrogens is 385 g/mol. The normalized spacial score (nSPS) is 16.0. The van der Waals surface area contributed by atoms with Gasteiger partial charge in [0.15, 0.2) is 0 Å². The van der Waals surface area contributed by atoms with E-state index < -0.39 is 6.36 Å². The zero-order valence-corrected chi connectivity index (χ0v) is 16.0. The third-order valence-electron chi connectivity index (χ3n) is 5.11. The Balaban J connectivity index is 1.32. The van der Waals surface area contributed by atoms with E-state index in [0.717, 1.165) is 38.8 Å². The molecule has 0 spiro atoms. The standard InChI is InChI=1S/C20H25F3N4O2/c21-20(22,23)29-18-5-3-16(4-6-18)26-19(28)9-12-27-10-7-15(8-11-27)1-2-17-13-24-14-25-17/h3-6,13-15H,1-2,7-12H2,(H,24,25)(H,26,28). The van der Waals surface area contributed by atoms with Crippen LogP contribution < -0.4 is 10.1 Å². The number of likely N-dealkylation sites (tertiary alicyclic amines) is 1. The Morgan fingerprint density at radius 2 is 1.97 bits per heavy atom. The Bertz CT molecular complexity index is 755. The van der Waals surface area contributed by atoms with Gasteiger partial charge >= 0.3 is 6.36 Å². The molecule has 0 radical (unpaired) electrons. The lowest BCUT2D eigenvalue weighted by atomic mass is 9.91. The molecule has 0 unspecified atom stereocenters. The van der Waals surface area contributed by atoms with Crippen molar-refractivity contribution < 1.29 is 22.7 Å². The number of amides is 1. The van der Waals surface area contributed by atoms with Gasteiger partial charge in [-0.3, -0.25) is 4.79 Å². The molecule has 29 heavy (non-hydrogen) atoms. The van der Waals surface area contributed by atoms with Crippen molar-refractivity contribution in [2.45, 2.75) is 38.5 Å². The third-order valence-corrected chi connectivity index (χ3v) is 5.11. The first-order valence-corrected chi connectivity index (χ1v) is 9.72. The fourth-order valence-corrected chi connectivity index (χ4v) is 3.50. The molecule has 0 saturated carbocycles. The van der Waals surface area contributed by atoms with Crippen LogP contribution in [-0.4, -0.2) is 46.8 Å². The first kappa shape index (κ1) is 21.2. The van der Waals surface area contributed by atoms with Gasteiger partial charge in [-0.05, 0) is 69.0 Å². The van der Waals surface area contributed by atoms with Gasteiger partial charge in [-0.15, -0.1) is 13.2 Å². The summed E-state index contributed by atoms with van der Waals surface area (Å²) in [4.78, 5) is 21.6. The maximum absolute atomic E-state index is 12.2. The molecule has 1 amide bonds. The highest BCUT2D eigenvalue weighted by atomic mass is 19.4. The van der Waals surface area contributed by atoms with Crippen LogP contribution in [0.2, 0.25) is 0 Å². The first-order chi connectivity index (χ1) is 13.9. The molecule has 1 saturated heterocycles. The summed E-state index contributed by atoms with van der Waals surface area (Å²) >= 11 is 0. The zero-order chi connectivity index (χ0) is 20.7. The maximum Gasteiger partial charge on any atom is 0.573 e. The number of aromatic nitrogens is 2. The molecule has 1 aliphatic heterocycles. The number of nitrogens with one attached hydrogen (secondary N) is 2. The SMILES string of the molecule is O=C(CCN1CCC(CCc2cnc[nH]2)CC1)Nc1ccc(OC(F)(F)F)cc1. The summed E-state index contributed by atoms with van der Waals surface area (Å²) in [7, 11) is 0. The second-order valence-electron chi connectivity index (χ2n) is 7.27. The third kappa shape index (κ3) is 7.41. The molecule has 2 N–H and O–H groups in total. The fourth-order valence-electron chi connectivity index (χ4n) is 3.50. The first-order valence-electron chi connectivity index (χ1n) is 9.72. The molecule has 2 aromatic rings. The lowest BCUT2D eigenvalue weighted by Crippen LogP contribution is -2.35. The fraction of sp³-hybridized carbons (Fsp3) is 0.500. The second-order valence-corrected chi connectivity index (χ2v) is 7.27. The van der Waals surface area contributed by atoms with Crippen LogP contribution in [0.1, 0.15) is 31.4 Å². The highest BCUT2D eigenvalue weighted by molar-refractivity contribution is 5.90. The van der Waals surface area contributed by atoms with E-state index in [1.165, 1.54) is 30.0 Å². The molecule has 9 heteroatoms. The number of aryl methyl sites for hydroxylation is 1. The van der Waals surface area contributed by atoms with Crippen molar-refractivity contribution in [3.63, 3.8) is 0 Å². The summed E-state index contributed by atoms with van der Waals surface area (Å²) in [6.07, 6.45) is 3.59. The number of alkyl halides is 3. The van der Waals surface area contributed by atoms with E-state index in [-0.39, 0.29) is 11.7 Å². The number of carbonyl (C=O) groups is 1. The molecule has 1 aliphatic rings. The van der Waals surface area contributed by atoms with Gasteiger partial charge in [0.2, 0.25) is 5.91 Å². The van der Waals surface area contributed by atoms with Gasteiger partial charge in [0.25, 0.3) is 0 Å². The number of halogens is 3. The number of anilines is 1. The minimum atomic E-state index is -4.72. The molecule has 158 valence electrons. The summed E-state index contributed by atoms with van der Waals surface area (Å²) < 4.78 is 40.3. The Morgan fingerprint density at radius 3 is 2.59 bits per heavy atom. The minimum Gasteiger partial charge on any atom is -0.406 e. The van der Waals surface area contributed by atoms with E-state index in [1.807, 2.05) is 6.20 Å². The Labute approximate surface area is 167 Å². The summed E-state index contributed by atoms with van der Waals surface area (Å²) in [5, 5.41) is 2.70. The van der Waals surface area contributed by atoms with Gasteiger partial charge in [-0.25, -0.2) is 4.98 Å². The number of hydrogen-bond acceptors (Lipinski definition) is 4. The molecule has 1 aromatic heterocycles. The van der Waals surface area contributed by atoms with Crippen molar-refractivity contribution in [1.29, 1.82) is 0 Å². The Hall–Kier alpha value is -2.55. The molecule has 0 atom stereocenters. The van der Waals surface area contributed by atoms with Crippen molar-refractivity contribution in [1.82, 2.24) is 14.9 Å². The van der Waals surface area contributed by atoms with Crippen LogP contribution in [0.15, 0.2) is 36.8 Å². The van der Waals surface area contributed by atoms with E-state index in [0.29, 0.717) is 24.6 Å². The molecule has 1 aromatic carbocycles. The number of carbonyl (C=O) groups excluding carboxylic acids is 1. The molecule has 1 fully saturated rings. The molecule has 0 aliphatic carbocycles. The van der Waals surface area contributed by atoms with E-state index >= 15 is 0 Å². The van der Waals surface area contributed by atoms with E-state index in [1.54, 1.807) is 6.33 Å². The number of nitrogens with zero attached hydrogens (tertiary/aromatic N) is 2. The largest absolute Gasteiger partial charge is 0.573 e. The van der Waals surface area contributed by atoms with Crippen LogP contribution in [0.5, 0.6) is 5.75 Å². The van der Waals surface area contributed by atoms with Crippen LogP contribution in [0.25, 0.3) is 0 Å². The summed E-state index contributed by atoms with van der Waals surface area (Å²) in [6.45, 7) is 2.63. The number of imidazole rings is 1. The van der Waals surface area contributed by atoms with Crippen molar-refractivity contribution in [3.8, 4) is 5.75 Å². The Morgan fingerprint density at radius 1 is 1.24 bits per heavy atom. The molecular formula is C20H25F3N4O2. The number of benzene rings is 1. The van der Waals surface area contributed by atoms with Gasteiger partial charge < -0.3 is 19.9 Å². The van der Waals surface area contributed by atoms with Crippen LogP contribution in [0.3, 0.4) is 0 Å². The Kier molecular flexibility index (Phi) is 7.13. The zero-order valence-electron chi connectivity index (χ0n) is 16.0. The van der Waals surface area contributed by atoms with Crippen LogP contribution in [-0.2, 0) is 11.2 Å². The topological polar surface area (TPSA) is 70.2 Å². The van der Waals surface area contributed by atoms with Crippen molar-refractivity contribution in [3.05, 3.63) is 42.5 Å². The van der Waals surface area contributed by atoms with Crippen LogP contribution >= 0.6 is 0 Å². The van der Waals surface area contributed by atoms with Gasteiger partial charge in [0.05, 0.1) is 6.33 Å². The van der Waals surface area contributed by atoms with E-state index in [9.17, 15) is 18.0 Å². The smallest absolute Gasteiger partial charge is 0.406 e. The summed E-state index contributed by atoms with van der Waals surface area (Å²) in [5.41, 5.74) is 1.61. The van der Waals surface area contributed by atoms with Crippen molar-refractivity contribution in [2.75, 3.05) is 25.0 Å². The monoisotopic (exact) mass is 410 g/mol. The number of aromatic amines is 1. The van der Waals surface area contributed by atoms with Crippen LogP contribution in [0.4, 0.5) is 18.9 Å². The lowest BCUT2D eigenvalue weighted by Gasteiger charge is -2.31. The van der Waals surface area contributed by atoms with Crippen LogP contribution in [0, 0.1) is 5.92 Å². The number of ether oxygens (including phenoxy) is 1. The predicted molar refractivity (Wildman–Crippen MR) is 102 cm³/mol. The average molecular weight is 410 g/mol. The summed E-state index contributed by atoms with van der Waals surface area (Å²) in [6, 6.07) is 5.14. The molecule has 3 rings (SSSR count). The van der Waals surface area contributed by atoms with E-state index in [4.69, 9.17) is 0 Å². The average Bonchev–Trinajstić information content (AvgIpc) is 3.20. The summed E-state index contributed by atoms with van der Waals surface area (Å²) in [5.74, 6) is 0.225. The minimum absolute atomic E-state index is 0.157. The number of rotatable bonds is 8. The van der Waals surface area contributed by atoms with Gasteiger partial charge in [-0.2, -0.15) is 0 Å². The number of hydrogen-bond donors (Lipinski definition) is 2. The molecule has 6 nitrogen and oxygen atoms in total. The molecule has 0 bridgehead atoms. The van der Waals surface area contributed by atoms with Gasteiger partial charge in [0, 0.05) is 30.5 Å². The predicted octanol–water partition coefficient (Wildman–Crippen LogP) is 3.98. The van der Waals surface area contributed by atoms with Crippen molar-refractivity contribution in [2.24, 2.45) is 5.92 Å². The second kappa shape index (κ2) is 9.78. The lowest BCUT2D eigenvalue weighted by molar-refractivity contribution is -0.274. The van der Waals surface area contributed by atoms with Gasteiger partial charge in [0.1, 0.15) is 5.75 Å². The number of H-pyrrole nitrogens is 1. The highest BCUT2D eigenvalue weighted by Crippen LogP contribution is 2.24. The highest BCUT2D eigenvalue weighted by Gasteiger charge is 2.31. The van der Waals surface area contributed by atoms with E-state index in [2.05, 4.69) is 24.9 Å². The van der Waals surface area contributed by atoms with Gasteiger partial charge in [-0.1, -0.05) is 0 Å². The quantitative estimate of drug-likeness (QED) is 0.691. The van der Waals surface area contributed by atoms with Crippen molar-refractivity contribution >= 4 is 11.6 Å². The maximum atomic E-state index is 12.2. The number of piperidine rings is 1.